The van der Waals surface area contributed by atoms with Crippen LogP contribution in [-0.2, 0) is 10.0 Å². The molecule has 0 amide bonds. The highest BCUT2D eigenvalue weighted by molar-refractivity contribution is 7.92. The number of nitrogens with two attached hydrogens (primary N) is 1. The SMILES string of the molecule is CS(=O)(=O)Nc1cccc(-c2cccc3nc(N)nn23)c1. The van der Waals surface area contributed by atoms with Crippen LogP contribution in [0, 0.1) is 0 Å². The predicted octanol–water partition coefficient (Wildman–Crippen LogP) is 1.35. The summed E-state index contributed by atoms with van der Waals surface area (Å²) in [4.78, 5) is 4.10. The Morgan fingerprint density at radius 1 is 1.19 bits per heavy atom. The minimum absolute atomic E-state index is 0.188. The van der Waals surface area contributed by atoms with E-state index in [1.807, 2.05) is 18.2 Å². The maximum absolute atomic E-state index is 11.3. The van der Waals surface area contributed by atoms with Crippen molar-refractivity contribution in [3.63, 3.8) is 0 Å². The van der Waals surface area contributed by atoms with Gasteiger partial charge in [-0.05, 0) is 24.3 Å². The smallest absolute Gasteiger partial charge is 0.240 e. The molecule has 2 heterocycles. The van der Waals surface area contributed by atoms with E-state index in [2.05, 4.69) is 14.8 Å². The van der Waals surface area contributed by atoms with Crippen molar-refractivity contribution in [2.24, 2.45) is 0 Å². The molecule has 3 aromatic rings. The number of hydrogen-bond donors (Lipinski definition) is 2. The van der Waals surface area contributed by atoms with Crippen molar-refractivity contribution in [2.75, 3.05) is 16.7 Å². The molecule has 0 aliphatic heterocycles. The predicted molar refractivity (Wildman–Crippen MR) is 81.3 cm³/mol. The Labute approximate surface area is 121 Å². The molecule has 0 atom stereocenters. The number of pyridine rings is 1. The number of nitrogens with zero attached hydrogens (tertiary/aromatic N) is 3. The van der Waals surface area contributed by atoms with Crippen molar-refractivity contribution in [1.82, 2.24) is 14.6 Å². The van der Waals surface area contributed by atoms with Crippen LogP contribution in [0.5, 0.6) is 0 Å². The summed E-state index contributed by atoms with van der Waals surface area (Å²) in [6.07, 6.45) is 1.11. The van der Waals surface area contributed by atoms with E-state index in [0.717, 1.165) is 17.5 Å². The number of benzene rings is 1. The van der Waals surface area contributed by atoms with Crippen LogP contribution in [0.15, 0.2) is 42.5 Å². The second kappa shape index (κ2) is 4.74. The molecular formula is C13H13N5O2S. The summed E-state index contributed by atoms with van der Waals surface area (Å²) in [6, 6.07) is 12.5. The lowest BCUT2D eigenvalue weighted by Gasteiger charge is -2.08. The molecule has 0 aliphatic carbocycles. The van der Waals surface area contributed by atoms with Crippen LogP contribution in [-0.4, -0.2) is 29.3 Å². The standard InChI is InChI=1S/C13H13N5O2S/c1-21(19,20)17-10-5-2-4-9(8-10)11-6-3-7-12-15-13(14)16-18(11)12/h2-8,17H,1H3,(H2,14,16). The molecule has 0 aliphatic rings. The minimum Gasteiger partial charge on any atom is -0.366 e. The third-order valence-corrected chi connectivity index (χ3v) is 3.44. The van der Waals surface area contributed by atoms with Crippen LogP contribution in [0.4, 0.5) is 11.6 Å². The fraction of sp³-hybridized carbons (Fsp3) is 0.0769. The van der Waals surface area contributed by atoms with E-state index in [9.17, 15) is 8.42 Å². The van der Waals surface area contributed by atoms with Gasteiger partial charge in [0, 0.05) is 11.3 Å². The van der Waals surface area contributed by atoms with Gasteiger partial charge in [-0.3, -0.25) is 4.72 Å². The largest absolute Gasteiger partial charge is 0.366 e. The van der Waals surface area contributed by atoms with Crippen molar-refractivity contribution >= 4 is 27.3 Å². The highest BCUT2D eigenvalue weighted by Gasteiger charge is 2.08. The summed E-state index contributed by atoms with van der Waals surface area (Å²) < 4.78 is 26.7. The average Bonchev–Trinajstić information content (AvgIpc) is 2.76. The molecule has 3 rings (SSSR count). The minimum atomic E-state index is -3.32. The molecule has 7 nitrogen and oxygen atoms in total. The first kappa shape index (κ1) is 13.4. The Balaban J connectivity index is 2.12. The van der Waals surface area contributed by atoms with Gasteiger partial charge in [-0.25, -0.2) is 12.9 Å². The van der Waals surface area contributed by atoms with Gasteiger partial charge < -0.3 is 5.73 Å². The van der Waals surface area contributed by atoms with Gasteiger partial charge in [0.25, 0.3) is 0 Å². The molecule has 0 fully saturated rings. The molecule has 2 aromatic heterocycles. The molecule has 0 spiro atoms. The highest BCUT2D eigenvalue weighted by Crippen LogP contribution is 2.23. The second-order valence-corrected chi connectivity index (χ2v) is 6.35. The lowest BCUT2D eigenvalue weighted by Crippen LogP contribution is -2.09. The van der Waals surface area contributed by atoms with Gasteiger partial charge in [0.05, 0.1) is 11.9 Å². The van der Waals surface area contributed by atoms with E-state index in [4.69, 9.17) is 5.73 Å². The van der Waals surface area contributed by atoms with Gasteiger partial charge in [-0.2, -0.15) is 4.98 Å². The fourth-order valence-electron chi connectivity index (χ4n) is 2.10. The normalized spacial score (nSPS) is 11.7. The van der Waals surface area contributed by atoms with Crippen molar-refractivity contribution in [1.29, 1.82) is 0 Å². The molecule has 0 saturated heterocycles. The van der Waals surface area contributed by atoms with Crippen LogP contribution in [0.25, 0.3) is 16.9 Å². The molecule has 21 heavy (non-hydrogen) atoms. The van der Waals surface area contributed by atoms with Crippen LogP contribution in [0.1, 0.15) is 0 Å². The third-order valence-electron chi connectivity index (χ3n) is 2.84. The van der Waals surface area contributed by atoms with Crippen LogP contribution < -0.4 is 10.5 Å². The molecule has 108 valence electrons. The number of aromatic nitrogens is 3. The molecule has 3 N–H and O–H groups in total. The summed E-state index contributed by atoms with van der Waals surface area (Å²) in [5.41, 5.74) is 8.31. The number of nitrogens with one attached hydrogen (secondary N) is 1. The number of anilines is 2. The lowest BCUT2D eigenvalue weighted by molar-refractivity contribution is 0.607. The van der Waals surface area contributed by atoms with Crippen LogP contribution in [0.2, 0.25) is 0 Å². The summed E-state index contributed by atoms with van der Waals surface area (Å²) >= 11 is 0. The fourth-order valence-corrected chi connectivity index (χ4v) is 2.65. The summed E-state index contributed by atoms with van der Waals surface area (Å²) in [7, 11) is -3.32. The topological polar surface area (TPSA) is 102 Å². The molecule has 0 bridgehead atoms. The molecule has 0 unspecified atom stereocenters. The van der Waals surface area contributed by atoms with Gasteiger partial charge in [-0.1, -0.05) is 18.2 Å². The van der Waals surface area contributed by atoms with Gasteiger partial charge >= 0.3 is 0 Å². The average molecular weight is 303 g/mol. The van der Waals surface area contributed by atoms with Crippen molar-refractivity contribution in [3.8, 4) is 11.3 Å². The maximum Gasteiger partial charge on any atom is 0.240 e. The first-order valence-corrected chi connectivity index (χ1v) is 8.01. The van der Waals surface area contributed by atoms with Gasteiger partial charge in [0.1, 0.15) is 0 Å². The highest BCUT2D eigenvalue weighted by atomic mass is 32.2. The van der Waals surface area contributed by atoms with Gasteiger partial charge in [-0.15, -0.1) is 5.10 Å². The van der Waals surface area contributed by atoms with Crippen molar-refractivity contribution in [2.45, 2.75) is 0 Å². The third kappa shape index (κ3) is 2.79. The van der Waals surface area contributed by atoms with E-state index in [0.29, 0.717) is 11.3 Å². The zero-order chi connectivity index (χ0) is 15.0. The zero-order valence-corrected chi connectivity index (χ0v) is 12.0. The Hall–Kier alpha value is -2.61. The molecule has 8 heteroatoms. The zero-order valence-electron chi connectivity index (χ0n) is 11.2. The first-order valence-electron chi connectivity index (χ1n) is 6.12. The molecule has 0 radical (unpaired) electrons. The van der Waals surface area contributed by atoms with Crippen LogP contribution in [0.3, 0.4) is 0 Å². The number of nitrogen functional groups attached to an aromatic ring is 1. The Kier molecular flexibility index (Phi) is 3.02. The van der Waals surface area contributed by atoms with Gasteiger partial charge in [0.2, 0.25) is 16.0 Å². The lowest BCUT2D eigenvalue weighted by atomic mass is 10.1. The number of hydrogen-bond acceptors (Lipinski definition) is 5. The molecule has 1 aromatic carbocycles. The number of rotatable bonds is 3. The Morgan fingerprint density at radius 3 is 2.71 bits per heavy atom. The number of sulfonamides is 1. The van der Waals surface area contributed by atoms with E-state index in [-0.39, 0.29) is 5.95 Å². The Bertz CT molecular complexity index is 917. The van der Waals surface area contributed by atoms with E-state index in [1.165, 1.54) is 0 Å². The summed E-state index contributed by atoms with van der Waals surface area (Å²) in [5.74, 6) is 0.188. The van der Waals surface area contributed by atoms with Gasteiger partial charge in [0.15, 0.2) is 5.65 Å². The van der Waals surface area contributed by atoms with E-state index < -0.39 is 10.0 Å². The summed E-state index contributed by atoms with van der Waals surface area (Å²) in [6.45, 7) is 0. The van der Waals surface area contributed by atoms with Crippen molar-refractivity contribution in [3.05, 3.63) is 42.5 Å². The quantitative estimate of drug-likeness (QED) is 0.760. The molecule has 0 saturated carbocycles. The van der Waals surface area contributed by atoms with E-state index in [1.54, 1.807) is 28.8 Å². The van der Waals surface area contributed by atoms with Crippen molar-refractivity contribution < 1.29 is 8.42 Å². The first-order chi connectivity index (χ1) is 9.92. The van der Waals surface area contributed by atoms with E-state index >= 15 is 0 Å². The van der Waals surface area contributed by atoms with Crippen LogP contribution >= 0.6 is 0 Å². The second-order valence-electron chi connectivity index (χ2n) is 4.61. The number of fused-ring (bicyclic) bond motifs is 1. The maximum atomic E-state index is 11.3. The Morgan fingerprint density at radius 2 is 1.95 bits per heavy atom. The summed E-state index contributed by atoms with van der Waals surface area (Å²) in [5, 5.41) is 4.14. The molecular weight excluding hydrogens is 290 g/mol. The monoisotopic (exact) mass is 303 g/mol.